The van der Waals surface area contributed by atoms with Crippen molar-refractivity contribution in [3.05, 3.63) is 30.1 Å². The zero-order chi connectivity index (χ0) is 14.8. The second kappa shape index (κ2) is 5.85. The number of benzene rings is 1. The molecule has 5 nitrogen and oxygen atoms in total. The maximum Gasteiger partial charge on any atom is 0.242 e. The number of nitrogens with zero attached hydrogens (tertiary/aromatic N) is 3. The first kappa shape index (κ1) is 14.1. The van der Waals surface area contributed by atoms with Gasteiger partial charge in [-0.2, -0.15) is 0 Å². The molecule has 1 atom stereocenters. The number of carbonyl (C=O) groups is 1. The molecule has 1 aliphatic rings. The Labute approximate surface area is 124 Å². The van der Waals surface area contributed by atoms with Crippen molar-refractivity contribution >= 4 is 16.9 Å². The first-order chi connectivity index (χ1) is 10.2. The van der Waals surface area contributed by atoms with Gasteiger partial charge in [-0.1, -0.05) is 12.1 Å². The molecule has 1 fully saturated rings. The van der Waals surface area contributed by atoms with E-state index in [0.717, 1.165) is 37.0 Å². The Balaban J connectivity index is 1.91. The Morgan fingerprint density at radius 3 is 2.71 bits per heavy atom. The number of hydrogen-bond donors (Lipinski definition) is 1. The van der Waals surface area contributed by atoms with Crippen molar-refractivity contribution in [2.75, 3.05) is 13.1 Å². The summed E-state index contributed by atoms with van der Waals surface area (Å²) in [5.74, 6) is 0.668. The summed E-state index contributed by atoms with van der Waals surface area (Å²) in [6.45, 7) is 3.62. The number of amides is 1. The molecule has 2 heterocycles. The third-order valence-electron chi connectivity index (χ3n) is 4.06. The van der Waals surface area contributed by atoms with Crippen molar-refractivity contribution in [2.24, 2.45) is 0 Å². The highest BCUT2D eigenvalue weighted by atomic mass is 16.3. The Morgan fingerprint density at radius 2 is 2.00 bits per heavy atom. The van der Waals surface area contributed by atoms with E-state index in [1.54, 1.807) is 6.92 Å². The predicted octanol–water partition coefficient (Wildman–Crippen LogP) is 2.10. The van der Waals surface area contributed by atoms with Crippen LogP contribution in [-0.2, 0) is 11.3 Å². The molecule has 112 valence electrons. The number of aliphatic hydroxyl groups is 1. The first-order valence-electron chi connectivity index (χ1n) is 7.58. The molecule has 1 aromatic heterocycles. The molecule has 3 rings (SSSR count). The fraction of sp³-hybridized carbons (Fsp3) is 0.500. The Morgan fingerprint density at radius 1 is 1.29 bits per heavy atom. The number of rotatable bonds is 3. The molecular formula is C16H21N3O2. The van der Waals surface area contributed by atoms with E-state index in [1.807, 2.05) is 33.7 Å². The standard InChI is InChI=1S/C16H21N3O2/c1-12(20)16-17-13-7-3-4-8-14(13)19(16)11-15(21)18-9-5-2-6-10-18/h3-4,7-8,12,20H,2,5-6,9-11H2,1H3. The van der Waals surface area contributed by atoms with E-state index in [1.165, 1.54) is 6.42 Å². The summed E-state index contributed by atoms with van der Waals surface area (Å²) >= 11 is 0. The molecule has 1 aliphatic heterocycles. The summed E-state index contributed by atoms with van der Waals surface area (Å²) in [5, 5.41) is 9.92. The summed E-state index contributed by atoms with van der Waals surface area (Å²) in [6.07, 6.45) is 2.68. The average Bonchev–Trinajstić information content (AvgIpc) is 2.87. The van der Waals surface area contributed by atoms with Gasteiger partial charge in [0, 0.05) is 13.1 Å². The third-order valence-corrected chi connectivity index (χ3v) is 4.06. The van der Waals surface area contributed by atoms with Crippen LogP contribution < -0.4 is 0 Å². The lowest BCUT2D eigenvalue weighted by molar-refractivity contribution is -0.132. The fourth-order valence-corrected chi connectivity index (χ4v) is 2.96. The number of aliphatic hydroxyl groups excluding tert-OH is 1. The molecule has 0 aliphatic carbocycles. The summed E-state index contributed by atoms with van der Waals surface area (Å²) in [7, 11) is 0. The van der Waals surface area contributed by atoms with E-state index in [2.05, 4.69) is 4.98 Å². The summed E-state index contributed by atoms with van der Waals surface area (Å²) < 4.78 is 1.84. The largest absolute Gasteiger partial charge is 0.385 e. The average molecular weight is 287 g/mol. The van der Waals surface area contributed by atoms with Gasteiger partial charge >= 0.3 is 0 Å². The number of para-hydroxylation sites is 2. The van der Waals surface area contributed by atoms with Gasteiger partial charge in [0.05, 0.1) is 11.0 Å². The van der Waals surface area contributed by atoms with E-state index < -0.39 is 6.10 Å². The van der Waals surface area contributed by atoms with Crippen molar-refractivity contribution in [1.29, 1.82) is 0 Å². The molecule has 1 saturated heterocycles. The normalized spacial score (nSPS) is 17.1. The lowest BCUT2D eigenvalue weighted by Crippen LogP contribution is -2.38. The van der Waals surface area contributed by atoms with Crippen molar-refractivity contribution < 1.29 is 9.90 Å². The van der Waals surface area contributed by atoms with Gasteiger partial charge < -0.3 is 14.6 Å². The zero-order valence-electron chi connectivity index (χ0n) is 12.3. The van der Waals surface area contributed by atoms with Gasteiger partial charge in [0.15, 0.2) is 0 Å². The van der Waals surface area contributed by atoms with Crippen molar-refractivity contribution in [3.63, 3.8) is 0 Å². The predicted molar refractivity (Wildman–Crippen MR) is 80.8 cm³/mol. The highest BCUT2D eigenvalue weighted by molar-refractivity contribution is 5.81. The molecule has 1 unspecified atom stereocenters. The SMILES string of the molecule is CC(O)c1nc2ccccc2n1CC(=O)N1CCCCC1. The molecule has 21 heavy (non-hydrogen) atoms. The van der Waals surface area contributed by atoms with Gasteiger partial charge in [0.1, 0.15) is 18.5 Å². The van der Waals surface area contributed by atoms with E-state index >= 15 is 0 Å². The smallest absolute Gasteiger partial charge is 0.242 e. The van der Waals surface area contributed by atoms with Crippen LogP contribution in [0.15, 0.2) is 24.3 Å². The number of carbonyl (C=O) groups excluding carboxylic acids is 1. The van der Waals surface area contributed by atoms with Gasteiger partial charge in [-0.25, -0.2) is 4.98 Å². The summed E-state index contributed by atoms with van der Waals surface area (Å²) in [6, 6.07) is 7.69. The van der Waals surface area contributed by atoms with E-state index in [-0.39, 0.29) is 12.5 Å². The van der Waals surface area contributed by atoms with E-state index in [9.17, 15) is 9.90 Å². The van der Waals surface area contributed by atoms with Crippen molar-refractivity contribution in [1.82, 2.24) is 14.5 Å². The number of aromatic nitrogens is 2. The van der Waals surface area contributed by atoms with Crippen LogP contribution in [0.5, 0.6) is 0 Å². The van der Waals surface area contributed by atoms with Crippen molar-refractivity contribution in [2.45, 2.75) is 38.8 Å². The third kappa shape index (κ3) is 2.78. The second-order valence-corrected chi connectivity index (χ2v) is 5.66. The first-order valence-corrected chi connectivity index (χ1v) is 7.58. The Kier molecular flexibility index (Phi) is 3.92. The molecule has 0 radical (unpaired) electrons. The molecule has 0 spiro atoms. The van der Waals surface area contributed by atoms with Crippen LogP contribution in [0.1, 0.15) is 38.1 Å². The maximum absolute atomic E-state index is 12.5. The number of imidazole rings is 1. The van der Waals surface area contributed by atoms with Crippen LogP contribution in [0.2, 0.25) is 0 Å². The quantitative estimate of drug-likeness (QED) is 0.940. The minimum absolute atomic E-state index is 0.111. The van der Waals surface area contributed by atoms with Crippen LogP contribution in [0.3, 0.4) is 0 Å². The minimum Gasteiger partial charge on any atom is -0.385 e. The molecule has 0 bridgehead atoms. The van der Waals surface area contributed by atoms with Crippen LogP contribution >= 0.6 is 0 Å². The lowest BCUT2D eigenvalue weighted by Gasteiger charge is -2.27. The van der Waals surface area contributed by atoms with Crippen LogP contribution in [0, 0.1) is 0 Å². The molecule has 2 aromatic rings. The number of piperidine rings is 1. The summed E-state index contributed by atoms with van der Waals surface area (Å²) in [4.78, 5) is 18.9. The minimum atomic E-state index is -0.688. The number of hydrogen-bond acceptors (Lipinski definition) is 3. The van der Waals surface area contributed by atoms with Gasteiger partial charge in [-0.3, -0.25) is 4.79 Å². The van der Waals surface area contributed by atoms with Gasteiger partial charge in [-0.15, -0.1) is 0 Å². The summed E-state index contributed by atoms with van der Waals surface area (Å²) in [5.41, 5.74) is 1.72. The number of likely N-dealkylation sites (tertiary alicyclic amines) is 1. The van der Waals surface area contributed by atoms with E-state index in [0.29, 0.717) is 5.82 Å². The fourth-order valence-electron chi connectivity index (χ4n) is 2.96. The monoisotopic (exact) mass is 287 g/mol. The molecule has 1 N–H and O–H groups in total. The van der Waals surface area contributed by atoms with Gasteiger partial charge in [0.2, 0.25) is 5.91 Å². The molecule has 1 amide bonds. The Bertz CT molecular complexity index is 642. The van der Waals surface area contributed by atoms with Crippen molar-refractivity contribution in [3.8, 4) is 0 Å². The molecule has 1 aromatic carbocycles. The topological polar surface area (TPSA) is 58.4 Å². The van der Waals surface area contributed by atoms with Crippen LogP contribution in [-0.4, -0.2) is 38.6 Å². The van der Waals surface area contributed by atoms with E-state index in [4.69, 9.17) is 0 Å². The van der Waals surface area contributed by atoms with Crippen LogP contribution in [0.4, 0.5) is 0 Å². The second-order valence-electron chi connectivity index (χ2n) is 5.66. The lowest BCUT2D eigenvalue weighted by atomic mass is 10.1. The Hall–Kier alpha value is -1.88. The maximum atomic E-state index is 12.5. The molecular weight excluding hydrogens is 266 g/mol. The van der Waals surface area contributed by atoms with Crippen LogP contribution in [0.25, 0.3) is 11.0 Å². The highest BCUT2D eigenvalue weighted by Crippen LogP contribution is 2.21. The molecule has 0 saturated carbocycles. The number of fused-ring (bicyclic) bond motifs is 1. The highest BCUT2D eigenvalue weighted by Gasteiger charge is 2.21. The van der Waals surface area contributed by atoms with Gasteiger partial charge in [0.25, 0.3) is 0 Å². The zero-order valence-corrected chi connectivity index (χ0v) is 12.3. The molecule has 5 heteroatoms. The van der Waals surface area contributed by atoms with Gasteiger partial charge in [-0.05, 0) is 38.3 Å².